The van der Waals surface area contributed by atoms with E-state index in [1.54, 1.807) is 24.3 Å². The van der Waals surface area contributed by atoms with Gasteiger partial charge in [0.2, 0.25) is 0 Å². The minimum Gasteiger partial charge on any atom is -0.466 e. The molecule has 0 aliphatic heterocycles. The van der Waals surface area contributed by atoms with Crippen molar-refractivity contribution in [3.63, 3.8) is 0 Å². The molecular formula is C32H26IrNO4. The van der Waals surface area contributed by atoms with Crippen LogP contribution in [0.1, 0.15) is 46.9 Å². The molecule has 192 valence electrons. The molecule has 0 radical (unpaired) electrons. The van der Waals surface area contributed by atoms with E-state index in [2.05, 4.69) is 30.1 Å². The van der Waals surface area contributed by atoms with Crippen molar-refractivity contribution in [2.24, 2.45) is 5.92 Å². The zero-order chi connectivity index (χ0) is 25.6. The number of aromatic nitrogens is 1. The van der Waals surface area contributed by atoms with Crippen LogP contribution >= 0.6 is 0 Å². The van der Waals surface area contributed by atoms with Crippen LogP contribution in [0.3, 0.4) is 0 Å². The molecule has 38 heavy (non-hydrogen) atoms. The number of carbonyl (C=O) groups is 2. The molecule has 1 aliphatic rings. The fourth-order valence-corrected chi connectivity index (χ4v) is 4.62. The van der Waals surface area contributed by atoms with Gasteiger partial charge < -0.3 is 14.5 Å². The Morgan fingerprint density at radius 3 is 1.89 bits per heavy atom. The van der Waals surface area contributed by atoms with Gasteiger partial charge >= 0.3 is 26.1 Å². The van der Waals surface area contributed by atoms with E-state index in [1.807, 2.05) is 54.6 Å². The first-order valence-corrected chi connectivity index (χ1v) is 12.4. The molecule has 0 N–H and O–H groups in total. The van der Waals surface area contributed by atoms with E-state index in [0.29, 0.717) is 17.5 Å². The largest absolute Gasteiger partial charge is 3.00 e. The van der Waals surface area contributed by atoms with Crippen molar-refractivity contribution in [2.75, 3.05) is 0 Å². The molecule has 6 heteroatoms. The number of hydrogen-bond acceptors (Lipinski definition) is 5. The van der Waals surface area contributed by atoms with Crippen LogP contribution in [-0.2, 0) is 29.6 Å². The second kappa shape index (κ2) is 12.8. The van der Waals surface area contributed by atoms with Crippen molar-refractivity contribution in [1.82, 2.24) is 4.98 Å². The van der Waals surface area contributed by atoms with Gasteiger partial charge in [-0.05, 0) is 30.0 Å². The molecule has 0 bridgehead atoms. The molecule has 1 saturated carbocycles. The maximum Gasteiger partial charge on any atom is 3.00 e. The minimum atomic E-state index is -0.428. The van der Waals surface area contributed by atoms with Crippen LogP contribution in [-0.4, -0.2) is 29.1 Å². The smallest absolute Gasteiger partial charge is 0.466 e. The Morgan fingerprint density at radius 2 is 1.34 bits per heavy atom. The number of nitrogens with zero attached hydrogens (tertiary/aromatic N) is 1. The van der Waals surface area contributed by atoms with Gasteiger partial charge in [0.15, 0.2) is 0 Å². The predicted octanol–water partition coefficient (Wildman–Crippen LogP) is 6.38. The number of benzene rings is 3. The first-order chi connectivity index (χ1) is 18.0. The van der Waals surface area contributed by atoms with E-state index in [0.717, 1.165) is 35.2 Å². The molecule has 4 aromatic rings. The number of esters is 2. The maximum absolute atomic E-state index is 12.8. The van der Waals surface area contributed by atoms with Gasteiger partial charge in [0, 0.05) is 12.6 Å². The van der Waals surface area contributed by atoms with Crippen molar-refractivity contribution in [1.29, 1.82) is 0 Å². The standard InChI is InChI=1S/C32H26NO4.Ir/c1-22-18-28(36-31(34)26-14-12-24(13-15-26)23-8-4-2-5-9-23)20-29(19-22)37-32(35)27-16-17-30(33-21-27)25-10-6-3-7-11-25;/h2-8,10,12,14-17,21-22,28-29H,18-20H2,1H3;/q-3;+3/t22-,28?,29?;/m1./s1. The van der Waals surface area contributed by atoms with Crippen LogP contribution in [0.4, 0.5) is 0 Å². The summed E-state index contributed by atoms with van der Waals surface area (Å²) in [5.41, 5.74) is 4.20. The quantitative estimate of drug-likeness (QED) is 0.175. The van der Waals surface area contributed by atoms with E-state index in [-0.39, 0.29) is 38.2 Å². The number of pyridine rings is 1. The summed E-state index contributed by atoms with van der Waals surface area (Å²) in [6, 6.07) is 33.3. The minimum absolute atomic E-state index is 0. The van der Waals surface area contributed by atoms with Gasteiger partial charge in [-0.15, -0.1) is 54.1 Å². The summed E-state index contributed by atoms with van der Waals surface area (Å²) in [5.74, 6) is -0.578. The topological polar surface area (TPSA) is 65.5 Å². The Balaban J connectivity index is 0.00000336. The summed E-state index contributed by atoms with van der Waals surface area (Å²) >= 11 is 0. The molecular weight excluding hydrogens is 655 g/mol. The molecule has 5 rings (SSSR count). The van der Waals surface area contributed by atoms with Gasteiger partial charge in [0.1, 0.15) is 12.2 Å². The Labute approximate surface area is 236 Å². The summed E-state index contributed by atoms with van der Waals surface area (Å²) in [5, 5.41) is 0. The third-order valence-electron chi connectivity index (χ3n) is 6.44. The van der Waals surface area contributed by atoms with Gasteiger partial charge in [-0.3, -0.25) is 4.79 Å². The normalized spacial score (nSPS) is 18.6. The first kappa shape index (κ1) is 27.4. The molecule has 2 unspecified atom stereocenters. The van der Waals surface area contributed by atoms with Crippen molar-refractivity contribution >= 4 is 11.9 Å². The van der Waals surface area contributed by atoms with E-state index in [9.17, 15) is 9.59 Å². The maximum atomic E-state index is 12.8. The van der Waals surface area contributed by atoms with Gasteiger partial charge in [-0.1, -0.05) is 19.1 Å². The molecule has 0 amide bonds. The van der Waals surface area contributed by atoms with Gasteiger partial charge in [-0.2, -0.15) is 36.4 Å². The van der Waals surface area contributed by atoms with Gasteiger partial charge in [0.25, 0.3) is 5.97 Å². The fourth-order valence-electron chi connectivity index (χ4n) is 4.62. The zero-order valence-electron chi connectivity index (χ0n) is 20.8. The van der Waals surface area contributed by atoms with Crippen LogP contribution in [0.25, 0.3) is 22.4 Å². The second-order valence-electron chi connectivity index (χ2n) is 9.34. The predicted molar refractivity (Wildman–Crippen MR) is 139 cm³/mol. The van der Waals surface area contributed by atoms with Crippen molar-refractivity contribution in [3.05, 3.63) is 114 Å². The summed E-state index contributed by atoms with van der Waals surface area (Å²) in [6.45, 7) is 2.08. The number of ether oxygens (including phenoxy) is 2. The van der Waals surface area contributed by atoms with E-state index in [4.69, 9.17) is 9.47 Å². The van der Waals surface area contributed by atoms with Crippen LogP contribution in [0, 0.1) is 24.1 Å². The summed E-state index contributed by atoms with van der Waals surface area (Å²) in [4.78, 5) is 30.0. The van der Waals surface area contributed by atoms with Gasteiger partial charge in [0.05, 0.1) is 5.56 Å². The second-order valence-corrected chi connectivity index (χ2v) is 9.34. The molecule has 0 saturated heterocycles. The summed E-state index contributed by atoms with van der Waals surface area (Å²) < 4.78 is 11.6. The van der Waals surface area contributed by atoms with Crippen molar-refractivity contribution in [2.45, 2.75) is 38.4 Å². The zero-order valence-corrected chi connectivity index (χ0v) is 23.2. The SMILES string of the molecule is C[C@@H]1CC(OC(=O)c2c[c-]c(-c3[c-]cccc3)cc2)CC(OC(=O)c2ccc(-c3[c-]cccc3)nc2)C1.[Ir+3]. The van der Waals surface area contributed by atoms with Crippen LogP contribution < -0.4 is 0 Å². The molecule has 1 aliphatic carbocycles. The molecule has 1 fully saturated rings. The van der Waals surface area contributed by atoms with Gasteiger partial charge in [-0.25, -0.2) is 15.9 Å². The Kier molecular flexibility index (Phi) is 9.22. The average Bonchev–Trinajstić information content (AvgIpc) is 2.94. The molecule has 3 atom stereocenters. The van der Waals surface area contributed by atoms with Crippen LogP contribution in [0.2, 0.25) is 0 Å². The van der Waals surface area contributed by atoms with E-state index < -0.39 is 11.9 Å². The molecule has 1 heterocycles. The average molecular weight is 681 g/mol. The molecule has 1 aromatic heterocycles. The summed E-state index contributed by atoms with van der Waals surface area (Å²) in [7, 11) is 0. The van der Waals surface area contributed by atoms with E-state index >= 15 is 0 Å². The Bertz CT molecular complexity index is 1240. The Morgan fingerprint density at radius 1 is 0.737 bits per heavy atom. The monoisotopic (exact) mass is 681 g/mol. The number of rotatable bonds is 6. The van der Waals surface area contributed by atoms with Crippen LogP contribution in [0.5, 0.6) is 0 Å². The molecule has 3 aromatic carbocycles. The number of hydrogen-bond donors (Lipinski definition) is 0. The van der Waals surface area contributed by atoms with Crippen molar-refractivity contribution in [3.8, 4) is 22.4 Å². The van der Waals surface area contributed by atoms with Crippen LogP contribution in [0.15, 0.2) is 85.1 Å². The third-order valence-corrected chi connectivity index (χ3v) is 6.44. The third kappa shape index (κ3) is 6.83. The fraction of sp³-hybridized carbons (Fsp3) is 0.219. The molecule has 0 spiro atoms. The Hall–Kier alpha value is -3.60. The van der Waals surface area contributed by atoms with E-state index in [1.165, 1.54) is 6.20 Å². The summed E-state index contributed by atoms with van der Waals surface area (Å²) in [6.07, 6.45) is 2.78. The van der Waals surface area contributed by atoms with Crippen molar-refractivity contribution < 1.29 is 39.2 Å². The first-order valence-electron chi connectivity index (χ1n) is 12.4. The molecule has 5 nitrogen and oxygen atoms in total. The number of carbonyl (C=O) groups excluding carboxylic acids is 2.